The molecular formula is C33H37N5O6. The Morgan fingerprint density at radius 2 is 1.86 bits per heavy atom. The third-order valence-corrected chi connectivity index (χ3v) is 8.15. The fourth-order valence-corrected chi connectivity index (χ4v) is 5.80. The first-order valence-corrected chi connectivity index (χ1v) is 14.9. The highest BCUT2D eigenvalue weighted by Gasteiger charge is 2.34. The van der Waals surface area contributed by atoms with Crippen LogP contribution in [-0.4, -0.2) is 53.0 Å². The number of amides is 3. The molecule has 0 unspecified atom stereocenters. The van der Waals surface area contributed by atoms with Crippen LogP contribution in [0.3, 0.4) is 0 Å². The van der Waals surface area contributed by atoms with Crippen LogP contribution in [0.15, 0.2) is 64.3 Å². The monoisotopic (exact) mass is 599 g/mol. The number of urea groups is 1. The van der Waals surface area contributed by atoms with Crippen LogP contribution in [0.5, 0.6) is 0 Å². The van der Waals surface area contributed by atoms with Gasteiger partial charge >= 0.3 is 12.0 Å². The molecule has 0 spiro atoms. The zero-order valence-corrected chi connectivity index (χ0v) is 25.2. The highest BCUT2D eigenvalue weighted by Crippen LogP contribution is 2.36. The molecule has 0 bridgehead atoms. The summed E-state index contributed by atoms with van der Waals surface area (Å²) in [6.45, 7) is 3.59. The molecule has 0 atom stereocenters. The van der Waals surface area contributed by atoms with Crippen molar-refractivity contribution < 1.29 is 28.3 Å². The fourth-order valence-electron chi connectivity index (χ4n) is 5.80. The summed E-state index contributed by atoms with van der Waals surface area (Å²) in [7, 11) is 1.25. The quantitative estimate of drug-likeness (QED) is 0.261. The molecule has 230 valence electrons. The number of hydrazone groups is 1. The molecule has 1 aliphatic carbocycles. The van der Waals surface area contributed by atoms with Crippen LogP contribution < -0.4 is 10.6 Å². The average Bonchev–Trinajstić information content (AvgIpc) is 3.47. The third kappa shape index (κ3) is 7.21. The Morgan fingerprint density at radius 1 is 1.09 bits per heavy atom. The number of oxazole rings is 1. The summed E-state index contributed by atoms with van der Waals surface area (Å²) in [6, 6.07) is 13.3. The van der Waals surface area contributed by atoms with Crippen molar-refractivity contribution in [1.82, 2.24) is 9.99 Å². The van der Waals surface area contributed by atoms with Crippen molar-refractivity contribution in [2.45, 2.75) is 58.8 Å². The fraction of sp³-hybridized carbons (Fsp3) is 0.394. The van der Waals surface area contributed by atoms with E-state index in [4.69, 9.17) is 4.42 Å². The zero-order chi connectivity index (χ0) is 31.3. The van der Waals surface area contributed by atoms with Crippen LogP contribution in [0.25, 0.3) is 11.5 Å². The second-order valence-corrected chi connectivity index (χ2v) is 11.9. The van der Waals surface area contributed by atoms with E-state index in [1.165, 1.54) is 32.6 Å². The van der Waals surface area contributed by atoms with Crippen molar-refractivity contribution >= 4 is 40.8 Å². The number of para-hydroxylation sites is 1. The minimum Gasteiger partial charge on any atom is -0.464 e. The number of carbonyl (C=O) groups excluding carboxylic acids is 4. The van der Waals surface area contributed by atoms with Crippen LogP contribution in [-0.2, 0) is 14.3 Å². The summed E-state index contributed by atoms with van der Waals surface area (Å²) < 4.78 is 10.1. The molecule has 11 nitrogen and oxygen atoms in total. The second-order valence-electron chi connectivity index (χ2n) is 11.9. The van der Waals surface area contributed by atoms with E-state index in [9.17, 15) is 19.2 Å². The average molecular weight is 600 g/mol. The molecule has 44 heavy (non-hydrogen) atoms. The van der Waals surface area contributed by atoms with E-state index in [0.29, 0.717) is 34.1 Å². The molecule has 3 amide bonds. The molecule has 1 saturated carbocycles. The number of ether oxygens (including phenoxy) is 1. The molecule has 2 aromatic carbocycles. The molecule has 2 aliphatic rings. The number of rotatable bonds is 10. The highest BCUT2D eigenvalue weighted by atomic mass is 16.5. The molecule has 2 N–H and O–H groups in total. The topological polar surface area (TPSA) is 143 Å². The van der Waals surface area contributed by atoms with E-state index in [1.54, 1.807) is 36.4 Å². The number of hydrogen-bond acceptors (Lipinski definition) is 8. The number of nitrogens with one attached hydrogen (secondary N) is 2. The van der Waals surface area contributed by atoms with E-state index in [1.807, 2.05) is 26.0 Å². The van der Waals surface area contributed by atoms with Gasteiger partial charge in [-0.3, -0.25) is 9.59 Å². The maximum absolute atomic E-state index is 13.7. The summed E-state index contributed by atoms with van der Waals surface area (Å²) in [5, 5.41) is 11.2. The zero-order valence-electron chi connectivity index (χ0n) is 25.2. The molecule has 1 aromatic heterocycles. The largest absolute Gasteiger partial charge is 0.464 e. The van der Waals surface area contributed by atoms with Gasteiger partial charge < -0.3 is 19.8 Å². The molecule has 0 radical (unpaired) electrons. The van der Waals surface area contributed by atoms with Crippen LogP contribution in [0.2, 0.25) is 0 Å². The number of ketones is 1. The minimum absolute atomic E-state index is 0.0228. The molecule has 3 aromatic rings. The summed E-state index contributed by atoms with van der Waals surface area (Å²) in [5.41, 5.74) is 2.04. The molecule has 11 heteroatoms. The van der Waals surface area contributed by atoms with Crippen molar-refractivity contribution in [3.05, 3.63) is 66.1 Å². The number of benzene rings is 2. The van der Waals surface area contributed by atoms with Gasteiger partial charge in [0.2, 0.25) is 11.8 Å². The van der Waals surface area contributed by atoms with Gasteiger partial charge in [-0.2, -0.15) is 5.10 Å². The first kappa shape index (κ1) is 30.7. The maximum atomic E-state index is 13.7. The summed E-state index contributed by atoms with van der Waals surface area (Å²) in [4.78, 5) is 55.8. The van der Waals surface area contributed by atoms with Crippen molar-refractivity contribution in [2.75, 3.05) is 24.3 Å². The van der Waals surface area contributed by atoms with Crippen LogP contribution in [0.1, 0.15) is 74.8 Å². The van der Waals surface area contributed by atoms with Gasteiger partial charge in [-0.15, -0.1) is 0 Å². The lowest BCUT2D eigenvalue weighted by Gasteiger charge is -2.31. The predicted molar refractivity (Wildman–Crippen MR) is 165 cm³/mol. The first-order chi connectivity index (χ1) is 21.1. The van der Waals surface area contributed by atoms with Gasteiger partial charge in [0.15, 0.2) is 5.69 Å². The number of carbonyl (C=O) groups is 4. The number of esters is 1. The van der Waals surface area contributed by atoms with Crippen LogP contribution in [0.4, 0.5) is 16.2 Å². The Morgan fingerprint density at radius 3 is 2.64 bits per heavy atom. The van der Waals surface area contributed by atoms with Crippen molar-refractivity contribution in [2.24, 2.45) is 16.4 Å². The van der Waals surface area contributed by atoms with E-state index >= 15 is 0 Å². The number of methoxy groups -OCH3 is 1. The van der Waals surface area contributed by atoms with Crippen molar-refractivity contribution in [3.8, 4) is 11.5 Å². The van der Waals surface area contributed by atoms with Gasteiger partial charge in [-0.1, -0.05) is 70.2 Å². The second kappa shape index (κ2) is 13.2. The van der Waals surface area contributed by atoms with Crippen LogP contribution >= 0.6 is 0 Å². The number of hydrogen-bond donors (Lipinski definition) is 2. The maximum Gasteiger partial charge on any atom is 0.360 e. The first-order valence-electron chi connectivity index (χ1n) is 14.9. The van der Waals surface area contributed by atoms with Crippen molar-refractivity contribution in [1.29, 1.82) is 0 Å². The highest BCUT2D eigenvalue weighted by molar-refractivity contribution is 6.17. The van der Waals surface area contributed by atoms with E-state index in [-0.39, 0.29) is 23.8 Å². The van der Waals surface area contributed by atoms with Crippen LogP contribution in [0, 0.1) is 11.3 Å². The van der Waals surface area contributed by atoms with Gasteiger partial charge in [0.05, 0.1) is 24.9 Å². The molecule has 5 rings (SSSR count). The van der Waals surface area contributed by atoms with Gasteiger partial charge in [0, 0.05) is 22.2 Å². The van der Waals surface area contributed by atoms with E-state index < -0.39 is 29.9 Å². The molecule has 1 fully saturated rings. The third-order valence-electron chi connectivity index (χ3n) is 8.15. The smallest absolute Gasteiger partial charge is 0.360 e. The standard InChI is InChI=1S/C33H37N5O6/c1-33(2,18-21-10-5-4-6-11-21)28(39)17-26-24-14-7-8-15-25(24)36-32(42)38(37-26)19-29(40)34-23-13-9-12-22(16-23)30-35-27(20-44-30)31(41)43-3/h7-9,12-16,20-21H,4-6,10-11,17-19H2,1-3H3,(H,34,40)(H,36,42). The van der Waals surface area contributed by atoms with Gasteiger partial charge in [-0.25, -0.2) is 19.6 Å². The Hall–Kier alpha value is -4.80. The molecular weight excluding hydrogens is 562 g/mol. The molecule has 0 saturated heterocycles. The summed E-state index contributed by atoms with van der Waals surface area (Å²) in [6.07, 6.45) is 8.03. The number of aromatic nitrogens is 1. The predicted octanol–water partition coefficient (Wildman–Crippen LogP) is 6.27. The lowest BCUT2D eigenvalue weighted by molar-refractivity contribution is -0.126. The lowest BCUT2D eigenvalue weighted by atomic mass is 9.73. The molecule has 1 aliphatic heterocycles. The minimum atomic E-state index is -0.628. The van der Waals surface area contributed by atoms with Gasteiger partial charge in [0.1, 0.15) is 18.6 Å². The normalized spacial score (nSPS) is 15.5. The Bertz CT molecular complexity index is 1590. The lowest BCUT2D eigenvalue weighted by Crippen LogP contribution is -2.37. The Labute approximate surface area is 256 Å². The van der Waals surface area contributed by atoms with E-state index in [0.717, 1.165) is 24.3 Å². The van der Waals surface area contributed by atoms with Crippen molar-refractivity contribution in [3.63, 3.8) is 0 Å². The van der Waals surface area contributed by atoms with E-state index in [2.05, 4.69) is 25.5 Å². The number of anilines is 2. The number of Topliss-reactive ketones (excluding diaryl/α,β-unsaturated/α-hetero) is 1. The van der Waals surface area contributed by atoms with Gasteiger partial charge in [0.25, 0.3) is 0 Å². The summed E-state index contributed by atoms with van der Waals surface area (Å²) >= 11 is 0. The summed E-state index contributed by atoms with van der Waals surface area (Å²) in [5.74, 6) is -0.369. The Balaban J connectivity index is 1.31. The Kier molecular flexibility index (Phi) is 9.22. The van der Waals surface area contributed by atoms with Gasteiger partial charge in [-0.05, 0) is 36.6 Å². The number of fused-ring (bicyclic) bond motifs is 1. The SMILES string of the molecule is COC(=O)c1coc(-c2cccc(NC(=O)CN3N=C(CC(=O)C(C)(C)CC4CCCCC4)c4ccccc4NC3=O)c2)n1. The number of nitrogens with zero attached hydrogens (tertiary/aromatic N) is 3. The molecule has 2 heterocycles.